The van der Waals surface area contributed by atoms with Gasteiger partial charge in [-0.1, -0.05) is 13.8 Å². The van der Waals surface area contributed by atoms with Gasteiger partial charge in [0.05, 0.1) is 11.6 Å². The molecular weight excluding hydrogens is 294 g/mol. The lowest BCUT2D eigenvalue weighted by Crippen LogP contribution is -2.04. The van der Waals surface area contributed by atoms with Crippen molar-refractivity contribution in [2.45, 2.75) is 26.8 Å². The van der Waals surface area contributed by atoms with Gasteiger partial charge in [0.15, 0.2) is 22.9 Å². The van der Waals surface area contributed by atoms with E-state index in [4.69, 9.17) is 10.2 Å². The van der Waals surface area contributed by atoms with Crippen molar-refractivity contribution in [1.82, 2.24) is 29.4 Å². The summed E-state index contributed by atoms with van der Waals surface area (Å²) in [4.78, 5) is 9.01. The molecule has 0 radical (unpaired) electrons. The van der Waals surface area contributed by atoms with E-state index in [9.17, 15) is 0 Å². The zero-order valence-corrected chi connectivity index (χ0v) is 13.0. The molecule has 4 heterocycles. The van der Waals surface area contributed by atoms with Crippen LogP contribution in [-0.2, 0) is 6.54 Å². The first-order valence-electron chi connectivity index (χ1n) is 7.54. The van der Waals surface area contributed by atoms with Gasteiger partial charge < -0.3 is 10.2 Å². The summed E-state index contributed by atoms with van der Waals surface area (Å²) in [6.07, 6.45) is 4.48. The third kappa shape index (κ3) is 2.32. The number of aromatic nitrogens is 6. The summed E-state index contributed by atoms with van der Waals surface area (Å²) in [5.74, 6) is 1.96. The lowest BCUT2D eigenvalue weighted by atomic mass is 10.1. The number of nitrogens with zero attached hydrogens (tertiary/aromatic N) is 6. The van der Waals surface area contributed by atoms with Gasteiger partial charge in [0.2, 0.25) is 5.82 Å². The molecule has 0 atom stereocenters. The minimum Gasteiger partial charge on any atom is -0.438 e. The van der Waals surface area contributed by atoms with Crippen molar-refractivity contribution in [3.8, 4) is 11.6 Å². The molecule has 0 unspecified atom stereocenters. The molecule has 0 bridgehead atoms. The number of furan rings is 1. The zero-order valence-electron chi connectivity index (χ0n) is 13.0. The average molecular weight is 311 g/mol. The molecule has 4 rings (SSSR count). The highest BCUT2D eigenvalue weighted by Crippen LogP contribution is 2.23. The summed E-state index contributed by atoms with van der Waals surface area (Å²) in [5, 5.41) is 9.69. The number of nitrogens with two attached hydrogens (primary N) is 1. The van der Waals surface area contributed by atoms with Crippen molar-refractivity contribution in [3.05, 3.63) is 24.7 Å². The van der Waals surface area contributed by atoms with Crippen LogP contribution in [0.2, 0.25) is 0 Å². The Morgan fingerprint density at radius 1 is 1.26 bits per heavy atom. The molecule has 0 amide bonds. The van der Waals surface area contributed by atoms with E-state index in [1.54, 1.807) is 29.2 Å². The van der Waals surface area contributed by atoms with Crippen molar-refractivity contribution in [2.75, 3.05) is 5.73 Å². The highest BCUT2D eigenvalue weighted by Gasteiger charge is 2.15. The molecule has 0 aliphatic heterocycles. The molecule has 4 aromatic heterocycles. The molecule has 2 N–H and O–H groups in total. The molecule has 0 saturated carbocycles. The summed E-state index contributed by atoms with van der Waals surface area (Å²) < 4.78 is 8.92. The summed E-state index contributed by atoms with van der Waals surface area (Å²) in [7, 11) is 0. The topological polar surface area (TPSA) is 100 Å². The van der Waals surface area contributed by atoms with Crippen LogP contribution < -0.4 is 5.73 Å². The van der Waals surface area contributed by atoms with Crippen LogP contribution in [0.15, 0.2) is 29.1 Å². The molecule has 0 saturated heterocycles. The Hall–Kier alpha value is -2.90. The first kappa shape index (κ1) is 13.7. The molecule has 4 aromatic rings. The quantitative estimate of drug-likeness (QED) is 0.621. The third-order valence-corrected chi connectivity index (χ3v) is 3.74. The summed E-state index contributed by atoms with van der Waals surface area (Å²) in [6, 6.07) is 3.43. The van der Waals surface area contributed by atoms with Crippen LogP contribution in [0.5, 0.6) is 0 Å². The Morgan fingerprint density at radius 2 is 2.13 bits per heavy atom. The molecule has 118 valence electrons. The molecule has 0 spiro atoms. The fraction of sp³-hybridized carbons (Fsp3) is 0.333. The summed E-state index contributed by atoms with van der Waals surface area (Å²) in [5.41, 5.74) is 7.13. The van der Waals surface area contributed by atoms with Gasteiger partial charge in [-0.3, -0.25) is 0 Å². The van der Waals surface area contributed by atoms with Crippen LogP contribution in [0.25, 0.3) is 28.3 Å². The van der Waals surface area contributed by atoms with E-state index in [1.807, 2.05) is 4.68 Å². The maximum absolute atomic E-state index is 5.61. The van der Waals surface area contributed by atoms with Gasteiger partial charge in [0, 0.05) is 12.6 Å². The van der Waals surface area contributed by atoms with E-state index in [-0.39, 0.29) is 0 Å². The van der Waals surface area contributed by atoms with Gasteiger partial charge in [-0.15, -0.1) is 5.10 Å². The van der Waals surface area contributed by atoms with E-state index in [0.29, 0.717) is 29.0 Å². The minimum atomic E-state index is 0.337. The van der Waals surface area contributed by atoms with Crippen molar-refractivity contribution < 1.29 is 4.42 Å². The first-order chi connectivity index (χ1) is 11.1. The Balaban J connectivity index is 1.80. The second-order valence-corrected chi connectivity index (χ2v) is 5.94. The van der Waals surface area contributed by atoms with Crippen LogP contribution in [0.3, 0.4) is 0 Å². The highest BCUT2D eigenvalue weighted by atomic mass is 16.4. The second-order valence-electron chi connectivity index (χ2n) is 5.94. The van der Waals surface area contributed by atoms with E-state index in [2.05, 4.69) is 34.0 Å². The maximum atomic E-state index is 5.61. The molecule has 0 aliphatic carbocycles. The molecule has 0 aromatic carbocycles. The van der Waals surface area contributed by atoms with Gasteiger partial charge in [-0.25, -0.2) is 19.2 Å². The normalized spacial score (nSPS) is 12.0. The van der Waals surface area contributed by atoms with Crippen LogP contribution in [0.1, 0.15) is 20.3 Å². The van der Waals surface area contributed by atoms with Crippen molar-refractivity contribution in [1.29, 1.82) is 0 Å². The Bertz CT molecular complexity index is 978. The standard InChI is InChI=1S/C15H17N7O/c1-9(2)5-6-21-14-10(7-18-21)15-19-13(20-22(15)8-17-14)11-3-4-12(16)23-11/h3-4,7-9H,5-6,16H2,1-2H3. The molecule has 23 heavy (non-hydrogen) atoms. The molecule has 8 nitrogen and oxygen atoms in total. The van der Waals surface area contributed by atoms with Gasteiger partial charge in [-0.2, -0.15) is 5.10 Å². The monoisotopic (exact) mass is 311 g/mol. The predicted octanol–water partition coefficient (Wildman–Crippen LogP) is 2.36. The van der Waals surface area contributed by atoms with Gasteiger partial charge in [0.1, 0.15) is 6.33 Å². The number of hydrogen-bond acceptors (Lipinski definition) is 6. The van der Waals surface area contributed by atoms with Gasteiger partial charge in [0.25, 0.3) is 0 Å². The highest BCUT2D eigenvalue weighted by molar-refractivity contribution is 5.88. The predicted molar refractivity (Wildman–Crippen MR) is 85.6 cm³/mol. The van der Waals surface area contributed by atoms with Crippen LogP contribution >= 0.6 is 0 Å². The first-order valence-corrected chi connectivity index (χ1v) is 7.54. The van der Waals surface area contributed by atoms with Crippen molar-refractivity contribution in [3.63, 3.8) is 0 Å². The van der Waals surface area contributed by atoms with E-state index in [1.165, 1.54) is 0 Å². The maximum Gasteiger partial charge on any atom is 0.218 e. The number of rotatable bonds is 4. The third-order valence-electron chi connectivity index (χ3n) is 3.74. The number of nitrogen functional groups attached to an aromatic ring is 1. The molecule has 0 fully saturated rings. The largest absolute Gasteiger partial charge is 0.438 e. The fourth-order valence-electron chi connectivity index (χ4n) is 2.49. The smallest absolute Gasteiger partial charge is 0.218 e. The summed E-state index contributed by atoms with van der Waals surface area (Å²) in [6.45, 7) is 5.22. The van der Waals surface area contributed by atoms with Crippen LogP contribution in [-0.4, -0.2) is 29.4 Å². The molecule has 0 aliphatic rings. The molecular formula is C15H17N7O. The van der Waals surface area contributed by atoms with E-state index < -0.39 is 0 Å². The lowest BCUT2D eigenvalue weighted by Gasteiger charge is -2.05. The SMILES string of the molecule is CC(C)CCn1ncc2c1ncn1nc(-c3ccc(N)o3)nc21. The Morgan fingerprint density at radius 3 is 2.87 bits per heavy atom. The van der Waals surface area contributed by atoms with Crippen molar-refractivity contribution >= 4 is 22.6 Å². The van der Waals surface area contributed by atoms with Gasteiger partial charge in [-0.05, 0) is 18.4 Å². The fourth-order valence-corrected chi connectivity index (χ4v) is 2.49. The minimum absolute atomic E-state index is 0.337. The van der Waals surface area contributed by atoms with E-state index in [0.717, 1.165) is 24.0 Å². The second kappa shape index (κ2) is 5.08. The average Bonchev–Trinajstić information content (AvgIpc) is 3.20. The lowest BCUT2D eigenvalue weighted by molar-refractivity contribution is 0.494. The van der Waals surface area contributed by atoms with Crippen LogP contribution in [0.4, 0.5) is 5.88 Å². The number of anilines is 1. The van der Waals surface area contributed by atoms with Gasteiger partial charge >= 0.3 is 0 Å². The van der Waals surface area contributed by atoms with Crippen molar-refractivity contribution in [2.24, 2.45) is 5.92 Å². The number of hydrogen-bond donors (Lipinski definition) is 1. The number of fused-ring (bicyclic) bond motifs is 3. The summed E-state index contributed by atoms with van der Waals surface area (Å²) >= 11 is 0. The Labute approximate surface area is 131 Å². The molecule has 8 heteroatoms. The number of aryl methyl sites for hydroxylation is 1. The zero-order chi connectivity index (χ0) is 16.0. The Kier molecular flexibility index (Phi) is 3.03. The van der Waals surface area contributed by atoms with Crippen LogP contribution in [0, 0.1) is 5.92 Å². The van der Waals surface area contributed by atoms with E-state index >= 15 is 0 Å².